The van der Waals surface area contributed by atoms with Gasteiger partial charge in [-0.1, -0.05) is 43.2 Å². The van der Waals surface area contributed by atoms with E-state index in [2.05, 4.69) is 16.9 Å². The molecule has 0 spiro atoms. The van der Waals surface area contributed by atoms with Gasteiger partial charge >= 0.3 is 0 Å². The molecule has 0 saturated heterocycles. The standard InChI is InChI=1S/C18H17B3N2O/c1-3-6-15-11(2)22-17(23-15)12-9-16(24-10-12)13-7-4-5-8-14(13)18(19,20)21/h4-5,7-10H,3,6H2,1-2H3,(H,22,23). The highest BCUT2D eigenvalue weighted by Crippen LogP contribution is 2.32. The lowest BCUT2D eigenvalue weighted by atomic mass is 9.39. The predicted molar refractivity (Wildman–Crippen MR) is 99.4 cm³/mol. The zero-order chi connectivity index (χ0) is 17.3. The van der Waals surface area contributed by atoms with E-state index in [-0.39, 0.29) is 0 Å². The molecule has 2 aromatic heterocycles. The summed E-state index contributed by atoms with van der Waals surface area (Å²) in [5, 5.41) is -1.43. The Kier molecular flexibility index (Phi) is 4.48. The summed E-state index contributed by atoms with van der Waals surface area (Å²) < 4.78 is 5.72. The Bertz CT molecular complexity index is 846. The largest absolute Gasteiger partial charge is 0.464 e. The number of nitrogens with one attached hydrogen (secondary N) is 1. The van der Waals surface area contributed by atoms with E-state index in [1.165, 1.54) is 0 Å². The van der Waals surface area contributed by atoms with Gasteiger partial charge in [0.15, 0.2) is 0 Å². The van der Waals surface area contributed by atoms with Crippen molar-refractivity contribution in [2.24, 2.45) is 0 Å². The zero-order valence-corrected chi connectivity index (χ0v) is 14.0. The number of hydrogen-bond acceptors (Lipinski definition) is 2. The summed E-state index contributed by atoms with van der Waals surface area (Å²) in [6, 6.07) is 9.34. The maximum atomic E-state index is 5.86. The predicted octanol–water partition coefficient (Wildman–Crippen LogP) is 3.21. The van der Waals surface area contributed by atoms with Crippen LogP contribution < -0.4 is 0 Å². The van der Waals surface area contributed by atoms with E-state index in [0.29, 0.717) is 11.3 Å². The van der Waals surface area contributed by atoms with E-state index in [1.54, 1.807) is 12.3 Å². The first-order valence-electron chi connectivity index (χ1n) is 8.01. The van der Waals surface area contributed by atoms with Crippen molar-refractivity contribution in [3.63, 3.8) is 0 Å². The third kappa shape index (κ3) is 3.23. The van der Waals surface area contributed by atoms with Crippen molar-refractivity contribution in [3.8, 4) is 22.7 Å². The van der Waals surface area contributed by atoms with Crippen LogP contribution in [0.15, 0.2) is 41.0 Å². The van der Waals surface area contributed by atoms with Gasteiger partial charge in [-0.25, -0.2) is 4.98 Å². The summed E-state index contributed by atoms with van der Waals surface area (Å²) in [5.41, 5.74) is 4.43. The minimum Gasteiger partial charge on any atom is -0.464 e. The fraction of sp³-hybridized carbons (Fsp3) is 0.278. The van der Waals surface area contributed by atoms with Gasteiger partial charge < -0.3 is 9.40 Å². The Labute approximate surface area is 146 Å². The summed E-state index contributed by atoms with van der Waals surface area (Å²) in [5.74, 6) is 1.44. The maximum absolute atomic E-state index is 5.86. The summed E-state index contributed by atoms with van der Waals surface area (Å²) in [6.07, 6.45) is 3.68. The molecule has 0 saturated carbocycles. The van der Waals surface area contributed by atoms with Gasteiger partial charge in [0.25, 0.3) is 0 Å². The van der Waals surface area contributed by atoms with Crippen molar-refractivity contribution in [2.75, 3.05) is 0 Å². The molecule has 114 valence electrons. The molecule has 0 fully saturated rings. The normalized spacial score (nSPS) is 11.8. The molecule has 0 amide bonds. The smallest absolute Gasteiger partial charge is 0.141 e. The monoisotopic (exact) mass is 310 g/mol. The van der Waals surface area contributed by atoms with Crippen molar-refractivity contribution >= 4 is 23.5 Å². The van der Waals surface area contributed by atoms with Crippen LogP contribution in [0.3, 0.4) is 0 Å². The number of furan rings is 1. The molecule has 3 rings (SSSR count). The number of aromatic amines is 1. The Balaban J connectivity index is 1.99. The van der Waals surface area contributed by atoms with E-state index >= 15 is 0 Å². The molecule has 1 aromatic carbocycles. The number of nitrogens with zero attached hydrogens (tertiary/aromatic N) is 1. The molecule has 0 aliphatic carbocycles. The third-order valence-corrected chi connectivity index (χ3v) is 4.00. The second-order valence-corrected chi connectivity index (χ2v) is 6.09. The zero-order valence-electron chi connectivity index (χ0n) is 14.0. The van der Waals surface area contributed by atoms with E-state index in [4.69, 9.17) is 28.0 Å². The average molecular weight is 310 g/mol. The molecular formula is C18H17B3N2O. The number of imidazole rings is 1. The van der Waals surface area contributed by atoms with Gasteiger partial charge in [0.1, 0.15) is 17.8 Å². The minimum atomic E-state index is -1.43. The first-order valence-corrected chi connectivity index (χ1v) is 8.01. The molecule has 0 aliphatic rings. The van der Waals surface area contributed by atoms with Crippen LogP contribution in [0.2, 0.25) is 0 Å². The number of aromatic nitrogens is 2. The van der Waals surface area contributed by atoms with Crippen molar-refractivity contribution in [3.05, 3.63) is 53.5 Å². The van der Waals surface area contributed by atoms with Crippen molar-refractivity contribution in [1.29, 1.82) is 0 Å². The van der Waals surface area contributed by atoms with E-state index < -0.39 is 5.11 Å². The van der Waals surface area contributed by atoms with Gasteiger partial charge in [0.2, 0.25) is 0 Å². The molecule has 1 N–H and O–H groups in total. The van der Waals surface area contributed by atoms with E-state index in [0.717, 1.165) is 41.2 Å². The van der Waals surface area contributed by atoms with Crippen LogP contribution >= 0.6 is 0 Å². The fourth-order valence-electron chi connectivity index (χ4n) is 2.79. The van der Waals surface area contributed by atoms with Crippen LogP contribution in [-0.4, -0.2) is 33.5 Å². The van der Waals surface area contributed by atoms with Crippen molar-refractivity contribution < 1.29 is 4.42 Å². The highest BCUT2D eigenvalue weighted by Gasteiger charge is 2.19. The van der Waals surface area contributed by atoms with Crippen molar-refractivity contribution in [2.45, 2.75) is 31.8 Å². The Hall–Kier alpha value is -2.10. The molecule has 0 atom stereocenters. The quantitative estimate of drug-likeness (QED) is 0.735. The van der Waals surface area contributed by atoms with Gasteiger partial charge in [-0.2, -0.15) is 0 Å². The van der Waals surface area contributed by atoms with Gasteiger partial charge in [-0.05, 0) is 19.4 Å². The Morgan fingerprint density at radius 3 is 2.67 bits per heavy atom. The molecular weight excluding hydrogens is 293 g/mol. The number of benzene rings is 1. The van der Waals surface area contributed by atoms with Crippen LogP contribution in [0, 0.1) is 6.92 Å². The lowest BCUT2D eigenvalue weighted by Crippen LogP contribution is -2.27. The molecule has 0 bridgehead atoms. The molecule has 24 heavy (non-hydrogen) atoms. The number of rotatable bonds is 5. The van der Waals surface area contributed by atoms with Crippen LogP contribution in [-0.2, 0) is 11.5 Å². The molecule has 2 heterocycles. The second kappa shape index (κ2) is 6.42. The summed E-state index contributed by atoms with van der Waals surface area (Å²) in [7, 11) is 17.6. The highest BCUT2D eigenvalue weighted by molar-refractivity contribution is 6.59. The van der Waals surface area contributed by atoms with Gasteiger partial charge in [-0.3, -0.25) is 0 Å². The Morgan fingerprint density at radius 1 is 1.21 bits per heavy atom. The second-order valence-electron chi connectivity index (χ2n) is 6.09. The van der Waals surface area contributed by atoms with Gasteiger partial charge in [0.05, 0.1) is 34.8 Å². The first-order chi connectivity index (χ1) is 11.4. The van der Waals surface area contributed by atoms with Crippen LogP contribution in [0.25, 0.3) is 22.7 Å². The lowest BCUT2D eigenvalue weighted by Gasteiger charge is -2.23. The van der Waals surface area contributed by atoms with Crippen molar-refractivity contribution in [1.82, 2.24) is 9.97 Å². The molecule has 0 unspecified atom stereocenters. The van der Waals surface area contributed by atoms with Crippen LogP contribution in [0.4, 0.5) is 0 Å². The fourth-order valence-corrected chi connectivity index (χ4v) is 2.79. The lowest BCUT2D eigenvalue weighted by molar-refractivity contribution is 0.582. The third-order valence-electron chi connectivity index (χ3n) is 4.00. The molecule has 0 aliphatic heterocycles. The van der Waals surface area contributed by atoms with Crippen LogP contribution in [0.5, 0.6) is 0 Å². The number of hydrogen-bond donors (Lipinski definition) is 1. The topological polar surface area (TPSA) is 41.8 Å². The molecule has 3 aromatic rings. The van der Waals surface area contributed by atoms with Crippen LogP contribution in [0.1, 0.15) is 30.3 Å². The van der Waals surface area contributed by atoms with Gasteiger partial charge in [0, 0.05) is 11.3 Å². The minimum absolute atomic E-state index is 0.619. The summed E-state index contributed by atoms with van der Waals surface area (Å²) >= 11 is 0. The first kappa shape index (κ1) is 16.8. The van der Waals surface area contributed by atoms with Gasteiger partial charge in [-0.15, -0.1) is 5.11 Å². The number of H-pyrrole nitrogens is 1. The maximum Gasteiger partial charge on any atom is 0.141 e. The van der Waals surface area contributed by atoms with E-state index in [9.17, 15) is 0 Å². The highest BCUT2D eigenvalue weighted by atomic mass is 16.3. The number of aryl methyl sites for hydroxylation is 2. The molecule has 6 heteroatoms. The summed E-state index contributed by atoms with van der Waals surface area (Å²) in [4.78, 5) is 7.97. The molecule has 3 nitrogen and oxygen atoms in total. The average Bonchev–Trinajstić information content (AvgIpc) is 3.14. The van der Waals surface area contributed by atoms with E-state index in [1.807, 2.05) is 31.2 Å². The SMILES string of the molecule is [B]C([B])([B])c1ccccc1-c1cc(-c2nc(CCC)c(C)[nH]2)co1. The molecule has 6 radical (unpaired) electrons. The summed E-state index contributed by atoms with van der Waals surface area (Å²) in [6.45, 7) is 4.17. The Morgan fingerprint density at radius 2 is 1.96 bits per heavy atom.